The molecule has 1 amide bonds. The number of hydrogen-bond donors (Lipinski definition) is 1. The quantitative estimate of drug-likeness (QED) is 0.858. The van der Waals surface area contributed by atoms with Gasteiger partial charge in [-0.1, -0.05) is 18.2 Å². The number of ether oxygens (including phenoxy) is 1. The molecule has 1 aromatic heterocycles. The van der Waals surface area contributed by atoms with Crippen LogP contribution in [0.3, 0.4) is 0 Å². The van der Waals surface area contributed by atoms with Crippen molar-refractivity contribution in [1.82, 2.24) is 5.01 Å². The molecule has 2 aromatic rings. The number of thioether (sulfide) groups is 1. The van der Waals surface area contributed by atoms with E-state index in [1.54, 1.807) is 37.6 Å². The van der Waals surface area contributed by atoms with Gasteiger partial charge >= 0.3 is 0 Å². The third-order valence-electron chi connectivity index (χ3n) is 3.63. The highest BCUT2D eigenvalue weighted by molar-refractivity contribution is 8.27. The van der Waals surface area contributed by atoms with Crippen molar-refractivity contribution in [3.63, 3.8) is 0 Å². The number of hydrogen-bond acceptors (Lipinski definition) is 6. The zero-order valence-corrected chi connectivity index (χ0v) is 13.9. The fraction of sp³-hybridized carbons (Fsp3) is 0.0588. The standard InChI is InChI=1S/C17H12N4O3S/c1-23-12-6-3-2-5-10(12)9-11-14(18)21-17(19-15(11)22)25-16(20-21)13-7-4-8-24-13/h2-9,18H,1H3/b11-9-,18-14?. The van der Waals surface area contributed by atoms with Crippen LogP contribution in [0.5, 0.6) is 5.75 Å². The maximum Gasteiger partial charge on any atom is 0.283 e. The zero-order valence-electron chi connectivity index (χ0n) is 13.1. The van der Waals surface area contributed by atoms with Crippen molar-refractivity contribution in [3.8, 4) is 5.75 Å². The third kappa shape index (κ3) is 2.66. The molecule has 124 valence electrons. The first-order chi connectivity index (χ1) is 12.2. The van der Waals surface area contributed by atoms with Crippen LogP contribution in [-0.2, 0) is 4.79 Å². The number of nitrogens with zero attached hydrogens (tertiary/aromatic N) is 3. The molecule has 4 rings (SSSR count). The van der Waals surface area contributed by atoms with E-state index in [0.29, 0.717) is 27.3 Å². The van der Waals surface area contributed by atoms with Gasteiger partial charge in [-0.05, 0) is 36.0 Å². The molecule has 0 spiro atoms. The smallest absolute Gasteiger partial charge is 0.283 e. The van der Waals surface area contributed by atoms with Gasteiger partial charge in [0.2, 0.25) is 5.17 Å². The molecule has 0 unspecified atom stereocenters. The highest BCUT2D eigenvalue weighted by Gasteiger charge is 2.36. The molecule has 0 bridgehead atoms. The zero-order chi connectivity index (χ0) is 17.4. The van der Waals surface area contributed by atoms with Crippen molar-refractivity contribution in [2.45, 2.75) is 0 Å². The second-order valence-electron chi connectivity index (χ2n) is 5.14. The molecule has 0 saturated heterocycles. The van der Waals surface area contributed by atoms with E-state index in [0.717, 1.165) is 0 Å². The summed E-state index contributed by atoms with van der Waals surface area (Å²) in [5, 5.41) is 14.9. The number of hydrazone groups is 1. The lowest BCUT2D eigenvalue weighted by atomic mass is 10.1. The molecule has 1 aromatic carbocycles. The maximum atomic E-state index is 12.4. The number of rotatable bonds is 3. The fourth-order valence-corrected chi connectivity index (χ4v) is 3.29. The first kappa shape index (κ1) is 15.4. The summed E-state index contributed by atoms with van der Waals surface area (Å²) in [6, 6.07) is 10.8. The number of fused-ring (bicyclic) bond motifs is 1. The van der Waals surface area contributed by atoms with Crippen molar-refractivity contribution >= 4 is 39.8 Å². The van der Waals surface area contributed by atoms with Crippen LogP contribution in [0, 0.1) is 5.41 Å². The normalized spacial score (nSPS) is 18.3. The highest BCUT2D eigenvalue weighted by Crippen LogP contribution is 2.31. The number of nitrogens with one attached hydrogen (secondary N) is 1. The summed E-state index contributed by atoms with van der Waals surface area (Å²) in [5.74, 6) is 0.666. The van der Waals surface area contributed by atoms with Crippen molar-refractivity contribution in [2.75, 3.05) is 7.11 Å². The monoisotopic (exact) mass is 352 g/mol. The Kier molecular flexibility index (Phi) is 3.73. The molecule has 1 N–H and O–H groups in total. The lowest BCUT2D eigenvalue weighted by Gasteiger charge is -2.20. The molecule has 0 atom stereocenters. The Labute approximate surface area is 147 Å². The van der Waals surface area contributed by atoms with Crippen molar-refractivity contribution in [2.24, 2.45) is 10.1 Å². The second kappa shape index (κ2) is 6.06. The number of amides is 1. The molecule has 25 heavy (non-hydrogen) atoms. The minimum Gasteiger partial charge on any atom is -0.496 e. The van der Waals surface area contributed by atoms with Crippen molar-refractivity contribution < 1.29 is 13.9 Å². The Hall–Kier alpha value is -3.13. The summed E-state index contributed by atoms with van der Waals surface area (Å²) in [5.41, 5.74) is 0.845. The Morgan fingerprint density at radius 1 is 1.28 bits per heavy atom. The van der Waals surface area contributed by atoms with Crippen LogP contribution in [0.15, 0.2) is 62.7 Å². The van der Waals surface area contributed by atoms with Crippen LogP contribution in [0.2, 0.25) is 0 Å². The van der Waals surface area contributed by atoms with Gasteiger partial charge < -0.3 is 9.15 Å². The van der Waals surface area contributed by atoms with E-state index >= 15 is 0 Å². The molecular weight excluding hydrogens is 340 g/mol. The Balaban J connectivity index is 1.72. The van der Waals surface area contributed by atoms with Crippen molar-refractivity contribution in [3.05, 3.63) is 59.6 Å². The number of para-hydroxylation sites is 1. The van der Waals surface area contributed by atoms with E-state index in [4.69, 9.17) is 14.6 Å². The van der Waals surface area contributed by atoms with Crippen LogP contribution in [0.25, 0.3) is 6.08 Å². The fourth-order valence-electron chi connectivity index (χ4n) is 2.43. The average molecular weight is 352 g/mol. The molecule has 0 saturated carbocycles. The summed E-state index contributed by atoms with van der Waals surface area (Å²) >= 11 is 1.19. The van der Waals surface area contributed by atoms with E-state index < -0.39 is 5.91 Å². The molecule has 7 nitrogen and oxygen atoms in total. The third-order valence-corrected chi connectivity index (χ3v) is 4.55. The van der Waals surface area contributed by atoms with Crippen LogP contribution >= 0.6 is 11.8 Å². The number of furan rings is 1. The van der Waals surface area contributed by atoms with E-state index in [1.807, 2.05) is 18.2 Å². The topological polar surface area (TPSA) is 91.2 Å². The molecule has 3 heterocycles. The number of carbonyl (C=O) groups excluding carboxylic acids is 1. The van der Waals surface area contributed by atoms with Gasteiger partial charge in [-0.25, -0.2) is 0 Å². The van der Waals surface area contributed by atoms with Gasteiger partial charge in [-0.15, -0.1) is 0 Å². The summed E-state index contributed by atoms with van der Waals surface area (Å²) in [6.07, 6.45) is 3.13. The van der Waals surface area contributed by atoms with Gasteiger partial charge in [0.1, 0.15) is 5.75 Å². The number of benzene rings is 1. The molecule has 2 aliphatic rings. The van der Waals surface area contributed by atoms with E-state index in [-0.39, 0.29) is 11.4 Å². The molecule has 2 aliphatic heterocycles. The lowest BCUT2D eigenvalue weighted by Crippen LogP contribution is -2.35. The molecular formula is C17H12N4O3S. The van der Waals surface area contributed by atoms with Crippen LogP contribution in [0.4, 0.5) is 0 Å². The summed E-state index contributed by atoms with van der Waals surface area (Å²) < 4.78 is 10.6. The summed E-state index contributed by atoms with van der Waals surface area (Å²) in [7, 11) is 1.55. The number of amidine groups is 2. The maximum absolute atomic E-state index is 12.4. The van der Waals surface area contributed by atoms with Gasteiger partial charge in [0.15, 0.2) is 16.6 Å². The van der Waals surface area contributed by atoms with Crippen LogP contribution in [-0.4, -0.2) is 34.1 Å². The highest BCUT2D eigenvalue weighted by atomic mass is 32.2. The van der Waals surface area contributed by atoms with E-state index in [2.05, 4.69) is 10.1 Å². The van der Waals surface area contributed by atoms with E-state index in [9.17, 15) is 4.79 Å². The number of methoxy groups -OCH3 is 1. The molecule has 0 radical (unpaired) electrons. The van der Waals surface area contributed by atoms with Gasteiger partial charge in [0.05, 0.1) is 18.9 Å². The predicted octanol–water partition coefficient (Wildman–Crippen LogP) is 2.96. The Bertz CT molecular complexity index is 960. The van der Waals surface area contributed by atoms with Crippen LogP contribution < -0.4 is 4.74 Å². The minimum absolute atomic E-state index is 0.0324. The molecule has 0 fully saturated rings. The summed E-state index contributed by atoms with van der Waals surface area (Å²) in [6.45, 7) is 0. The predicted molar refractivity (Wildman–Crippen MR) is 95.8 cm³/mol. The van der Waals surface area contributed by atoms with Crippen molar-refractivity contribution in [1.29, 1.82) is 5.41 Å². The SMILES string of the molecule is COc1ccccc1/C=C1/C(=N)N2N=C(c3ccco3)SC2=NC1=O. The van der Waals surface area contributed by atoms with Gasteiger partial charge in [0, 0.05) is 5.56 Å². The minimum atomic E-state index is -0.481. The first-order valence-corrected chi connectivity index (χ1v) is 8.16. The lowest BCUT2D eigenvalue weighted by molar-refractivity contribution is -0.114. The molecule has 0 aliphatic carbocycles. The largest absolute Gasteiger partial charge is 0.496 e. The average Bonchev–Trinajstić information content (AvgIpc) is 3.28. The summed E-state index contributed by atoms with van der Waals surface area (Å²) in [4.78, 5) is 16.4. The first-order valence-electron chi connectivity index (χ1n) is 7.34. The Morgan fingerprint density at radius 2 is 2.12 bits per heavy atom. The number of carbonyl (C=O) groups is 1. The number of aliphatic imine (C=N–C) groups is 1. The molecule has 8 heteroatoms. The van der Waals surface area contributed by atoms with Gasteiger partial charge in [0.25, 0.3) is 5.91 Å². The van der Waals surface area contributed by atoms with Crippen LogP contribution in [0.1, 0.15) is 11.3 Å². The second-order valence-corrected chi connectivity index (χ2v) is 6.10. The Morgan fingerprint density at radius 3 is 2.88 bits per heavy atom. The van der Waals surface area contributed by atoms with Gasteiger partial charge in [-0.3, -0.25) is 10.2 Å². The van der Waals surface area contributed by atoms with Gasteiger partial charge in [-0.2, -0.15) is 15.1 Å². The van der Waals surface area contributed by atoms with E-state index in [1.165, 1.54) is 16.8 Å².